The summed E-state index contributed by atoms with van der Waals surface area (Å²) >= 11 is 17.1. The monoisotopic (exact) mass is 222 g/mol. The molecular weight excluding hydrogens is 218 g/mol. The van der Waals surface area contributed by atoms with Crippen LogP contribution < -0.4 is 5.73 Å². The van der Waals surface area contributed by atoms with Crippen LogP contribution in [-0.2, 0) is 0 Å². The smallest absolute Gasteiger partial charge is 0.125 e. The van der Waals surface area contributed by atoms with Gasteiger partial charge in [-0.3, -0.25) is 5.41 Å². The Morgan fingerprint density at radius 2 is 1.58 bits per heavy atom. The van der Waals surface area contributed by atoms with Crippen LogP contribution in [-0.4, -0.2) is 5.84 Å². The Hall–Kier alpha value is -0.440. The van der Waals surface area contributed by atoms with Crippen LogP contribution in [0.25, 0.3) is 0 Å². The van der Waals surface area contributed by atoms with Crippen molar-refractivity contribution in [2.45, 2.75) is 0 Å². The van der Waals surface area contributed by atoms with Crippen molar-refractivity contribution < 1.29 is 0 Å². The van der Waals surface area contributed by atoms with Gasteiger partial charge < -0.3 is 5.73 Å². The van der Waals surface area contributed by atoms with Gasteiger partial charge in [0.15, 0.2) is 0 Å². The van der Waals surface area contributed by atoms with Gasteiger partial charge in [-0.05, 0) is 12.1 Å². The van der Waals surface area contributed by atoms with E-state index in [0.29, 0.717) is 20.6 Å². The third-order valence-corrected chi connectivity index (χ3v) is 2.09. The Bertz CT molecular complexity index is 312. The lowest BCUT2D eigenvalue weighted by molar-refractivity contribution is 1.42. The summed E-state index contributed by atoms with van der Waals surface area (Å²) in [5.41, 5.74) is 5.56. The zero-order valence-corrected chi connectivity index (χ0v) is 8.13. The van der Waals surface area contributed by atoms with E-state index in [1.165, 1.54) is 12.1 Å². The Morgan fingerprint density at radius 1 is 1.17 bits per heavy atom. The maximum absolute atomic E-state index is 7.15. The predicted molar refractivity (Wildman–Crippen MR) is 52.5 cm³/mol. The molecule has 0 heterocycles. The van der Waals surface area contributed by atoms with Crippen LogP contribution in [0.15, 0.2) is 12.1 Å². The molecule has 0 spiro atoms. The molecule has 0 aliphatic carbocycles. The highest BCUT2D eigenvalue weighted by Gasteiger charge is 2.09. The fraction of sp³-hybridized carbons (Fsp3) is 0. The molecule has 0 radical (unpaired) electrons. The van der Waals surface area contributed by atoms with Crippen LogP contribution in [0.5, 0.6) is 0 Å². The fourth-order valence-electron chi connectivity index (χ4n) is 0.800. The number of nitrogens with two attached hydrogens (primary N) is 1. The summed E-state index contributed by atoms with van der Waals surface area (Å²) in [4.78, 5) is 0. The molecule has 64 valence electrons. The zero-order valence-electron chi connectivity index (χ0n) is 5.87. The van der Waals surface area contributed by atoms with Gasteiger partial charge in [0.05, 0.1) is 15.6 Å². The lowest BCUT2D eigenvalue weighted by Gasteiger charge is -2.04. The Balaban J connectivity index is 3.38. The van der Waals surface area contributed by atoms with Crippen LogP contribution in [0, 0.1) is 5.41 Å². The van der Waals surface area contributed by atoms with Crippen LogP contribution in [0.3, 0.4) is 0 Å². The number of hydrogen-bond donors (Lipinski definition) is 2. The normalized spacial score (nSPS) is 9.92. The van der Waals surface area contributed by atoms with E-state index in [1.807, 2.05) is 0 Å². The van der Waals surface area contributed by atoms with E-state index < -0.39 is 0 Å². The van der Waals surface area contributed by atoms with Gasteiger partial charge in [-0.1, -0.05) is 34.8 Å². The first-order valence-corrected chi connectivity index (χ1v) is 4.14. The van der Waals surface area contributed by atoms with Gasteiger partial charge in [0, 0.05) is 5.02 Å². The van der Waals surface area contributed by atoms with Crippen molar-refractivity contribution in [1.29, 1.82) is 5.41 Å². The van der Waals surface area contributed by atoms with E-state index in [-0.39, 0.29) is 5.84 Å². The Kier molecular flexibility index (Phi) is 2.83. The van der Waals surface area contributed by atoms with Crippen molar-refractivity contribution in [3.05, 3.63) is 32.8 Å². The molecule has 0 saturated heterocycles. The van der Waals surface area contributed by atoms with Gasteiger partial charge in [-0.15, -0.1) is 0 Å². The fourth-order valence-corrected chi connectivity index (χ4v) is 1.82. The molecule has 12 heavy (non-hydrogen) atoms. The summed E-state index contributed by atoms with van der Waals surface area (Å²) in [5, 5.41) is 8.16. The molecule has 1 aromatic rings. The molecule has 0 amide bonds. The molecule has 1 aromatic carbocycles. The van der Waals surface area contributed by atoms with E-state index in [9.17, 15) is 0 Å². The quantitative estimate of drug-likeness (QED) is 0.558. The lowest BCUT2D eigenvalue weighted by Crippen LogP contribution is -2.12. The molecule has 0 atom stereocenters. The van der Waals surface area contributed by atoms with Crippen molar-refractivity contribution in [2.24, 2.45) is 5.73 Å². The van der Waals surface area contributed by atoms with E-state index in [0.717, 1.165) is 0 Å². The second-order valence-corrected chi connectivity index (χ2v) is 3.41. The summed E-state index contributed by atoms with van der Waals surface area (Å²) in [6.45, 7) is 0. The van der Waals surface area contributed by atoms with Crippen molar-refractivity contribution in [1.82, 2.24) is 0 Å². The zero-order chi connectivity index (χ0) is 9.30. The maximum Gasteiger partial charge on any atom is 0.125 e. The first kappa shape index (κ1) is 9.65. The second kappa shape index (κ2) is 3.52. The number of benzene rings is 1. The van der Waals surface area contributed by atoms with Crippen LogP contribution in [0.2, 0.25) is 15.1 Å². The van der Waals surface area contributed by atoms with Gasteiger partial charge in [0.25, 0.3) is 0 Å². The molecule has 3 N–H and O–H groups in total. The summed E-state index contributed by atoms with van der Waals surface area (Å²) in [6.07, 6.45) is 0. The van der Waals surface area contributed by atoms with Crippen LogP contribution in [0.4, 0.5) is 0 Å². The lowest BCUT2D eigenvalue weighted by atomic mass is 10.2. The van der Waals surface area contributed by atoms with Crippen molar-refractivity contribution in [3.63, 3.8) is 0 Å². The summed E-state index contributed by atoms with van der Waals surface area (Å²) in [7, 11) is 0. The van der Waals surface area contributed by atoms with Crippen LogP contribution >= 0.6 is 34.8 Å². The molecule has 0 aliphatic heterocycles. The van der Waals surface area contributed by atoms with Crippen LogP contribution in [0.1, 0.15) is 5.56 Å². The van der Waals surface area contributed by atoms with Gasteiger partial charge >= 0.3 is 0 Å². The number of nitrogen functional groups attached to an aromatic ring is 1. The first-order chi connectivity index (χ1) is 5.52. The van der Waals surface area contributed by atoms with Gasteiger partial charge in [-0.25, -0.2) is 0 Å². The van der Waals surface area contributed by atoms with E-state index >= 15 is 0 Å². The highest BCUT2D eigenvalue weighted by molar-refractivity contribution is 6.42. The van der Waals surface area contributed by atoms with E-state index in [1.54, 1.807) is 0 Å². The highest BCUT2D eigenvalue weighted by Crippen LogP contribution is 2.28. The molecule has 0 fully saturated rings. The average Bonchev–Trinajstić information content (AvgIpc) is 1.82. The topological polar surface area (TPSA) is 49.9 Å². The SMILES string of the molecule is N=C(N)c1c(Cl)cc(Cl)cc1Cl. The van der Waals surface area contributed by atoms with Crippen molar-refractivity contribution in [3.8, 4) is 0 Å². The Morgan fingerprint density at radius 3 is 1.92 bits per heavy atom. The minimum absolute atomic E-state index is 0.165. The summed E-state index contributed by atoms with van der Waals surface area (Å²) < 4.78 is 0. The maximum atomic E-state index is 7.15. The summed E-state index contributed by atoms with van der Waals surface area (Å²) in [6, 6.07) is 2.98. The number of hydrogen-bond acceptors (Lipinski definition) is 1. The predicted octanol–water partition coefficient (Wildman–Crippen LogP) is 2.93. The molecule has 0 unspecified atom stereocenters. The number of amidine groups is 1. The van der Waals surface area contributed by atoms with Gasteiger partial charge in [0.2, 0.25) is 0 Å². The molecule has 2 nitrogen and oxygen atoms in total. The number of nitrogens with one attached hydrogen (secondary N) is 1. The first-order valence-electron chi connectivity index (χ1n) is 3.01. The highest BCUT2D eigenvalue weighted by atomic mass is 35.5. The second-order valence-electron chi connectivity index (χ2n) is 2.16. The van der Waals surface area contributed by atoms with Crippen molar-refractivity contribution >= 4 is 40.6 Å². The number of rotatable bonds is 1. The van der Waals surface area contributed by atoms with Crippen molar-refractivity contribution in [2.75, 3.05) is 0 Å². The largest absolute Gasteiger partial charge is 0.384 e. The third kappa shape index (κ3) is 1.83. The van der Waals surface area contributed by atoms with E-state index in [4.69, 9.17) is 45.9 Å². The minimum atomic E-state index is -0.165. The van der Waals surface area contributed by atoms with Gasteiger partial charge in [-0.2, -0.15) is 0 Å². The Labute approximate surface area is 84.7 Å². The molecule has 0 bridgehead atoms. The van der Waals surface area contributed by atoms with Gasteiger partial charge in [0.1, 0.15) is 5.84 Å². The average molecular weight is 223 g/mol. The summed E-state index contributed by atoms with van der Waals surface area (Å²) in [5.74, 6) is -0.165. The molecule has 0 saturated carbocycles. The molecular formula is C7H5Cl3N2. The third-order valence-electron chi connectivity index (χ3n) is 1.28. The molecule has 1 rings (SSSR count). The standard InChI is InChI=1S/C7H5Cl3N2/c8-3-1-4(9)6(7(11)12)5(10)2-3/h1-2H,(H3,11,12). The van der Waals surface area contributed by atoms with E-state index in [2.05, 4.69) is 0 Å². The molecule has 5 heteroatoms. The minimum Gasteiger partial charge on any atom is -0.384 e. The molecule has 0 aliphatic rings. The molecule has 0 aromatic heterocycles. The number of halogens is 3.